The van der Waals surface area contributed by atoms with Crippen LogP contribution in [0.3, 0.4) is 0 Å². The van der Waals surface area contributed by atoms with E-state index in [0.717, 1.165) is 17.4 Å². The standard InChI is InChI=1S/C13H19N3O3/c1-4-6-7-14-12(18)9-8-15-11(10(17)5-2)16(3)13(9)19/h5,8,17H,4,6-7H2,1-3H3,(H,14,18)/b10-5+. The molecule has 1 aromatic rings. The zero-order valence-electron chi connectivity index (χ0n) is 11.4. The fourth-order valence-electron chi connectivity index (χ4n) is 1.54. The van der Waals surface area contributed by atoms with Crippen LogP contribution in [-0.4, -0.2) is 27.1 Å². The van der Waals surface area contributed by atoms with Gasteiger partial charge in [0, 0.05) is 19.8 Å². The van der Waals surface area contributed by atoms with Gasteiger partial charge in [0.05, 0.1) is 0 Å². The summed E-state index contributed by atoms with van der Waals surface area (Å²) in [5.74, 6) is -0.400. The first-order valence-corrected chi connectivity index (χ1v) is 6.22. The first-order chi connectivity index (χ1) is 9.02. The minimum atomic E-state index is -0.479. The van der Waals surface area contributed by atoms with Crippen molar-refractivity contribution in [2.45, 2.75) is 26.7 Å². The van der Waals surface area contributed by atoms with Gasteiger partial charge in [0.15, 0.2) is 11.6 Å². The van der Waals surface area contributed by atoms with Crippen molar-refractivity contribution in [1.29, 1.82) is 0 Å². The Morgan fingerprint density at radius 1 is 1.58 bits per heavy atom. The molecule has 0 unspecified atom stereocenters. The van der Waals surface area contributed by atoms with Crippen LogP contribution < -0.4 is 10.9 Å². The quantitative estimate of drug-likeness (QED) is 0.619. The zero-order chi connectivity index (χ0) is 14.4. The summed E-state index contributed by atoms with van der Waals surface area (Å²) in [6.45, 7) is 4.18. The molecule has 0 aliphatic carbocycles. The molecule has 6 heteroatoms. The Balaban J connectivity index is 3.03. The van der Waals surface area contributed by atoms with Crippen LogP contribution in [0.15, 0.2) is 17.1 Å². The number of rotatable bonds is 5. The van der Waals surface area contributed by atoms with Gasteiger partial charge in [0.2, 0.25) is 0 Å². The van der Waals surface area contributed by atoms with Gasteiger partial charge in [-0.05, 0) is 19.4 Å². The van der Waals surface area contributed by atoms with Gasteiger partial charge in [-0.15, -0.1) is 0 Å². The number of unbranched alkanes of at least 4 members (excludes halogenated alkanes) is 1. The average Bonchev–Trinajstić information content (AvgIpc) is 2.41. The number of carbonyl (C=O) groups excluding carboxylic acids is 1. The first kappa shape index (κ1) is 14.9. The lowest BCUT2D eigenvalue weighted by Crippen LogP contribution is -2.34. The second kappa shape index (κ2) is 6.72. The largest absolute Gasteiger partial charge is 0.504 e. The van der Waals surface area contributed by atoms with E-state index in [2.05, 4.69) is 10.3 Å². The number of amides is 1. The molecule has 0 aliphatic heterocycles. The Bertz CT molecular complexity index is 547. The molecule has 0 aromatic carbocycles. The van der Waals surface area contributed by atoms with Gasteiger partial charge in [0.25, 0.3) is 11.5 Å². The Kier molecular flexibility index (Phi) is 5.29. The highest BCUT2D eigenvalue weighted by molar-refractivity contribution is 5.93. The molecular weight excluding hydrogens is 246 g/mol. The molecule has 0 aliphatic rings. The molecule has 1 amide bonds. The van der Waals surface area contributed by atoms with Gasteiger partial charge in [-0.1, -0.05) is 13.3 Å². The summed E-state index contributed by atoms with van der Waals surface area (Å²) >= 11 is 0. The first-order valence-electron chi connectivity index (χ1n) is 6.22. The lowest BCUT2D eigenvalue weighted by Gasteiger charge is -2.08. The summed E-state index contributed by atoms with van der Waals surface area (Å²) in [7, 11) is 1.47. The van der Waals surface area contributed by atoms with Crippen molar-refractivity contribution in [1.82, 2.24) is 14.9 Å². The van der Waals surface area contributed by atoms with Crippen molar-refractivity contribution in [2.24, 2.45) is 7.05 Å². The molecular formula is C13H19N3O3. The normalized spacial score (nSPS) is 11.4. The van der Waals surface area contributed by atoms with E-state index in [1.165, 1.54) is 19.3 Å². The van der Waals surface area contributed by atoms with E-state index < -0.39 is 11.5 Å². The molecule has 0 spiro atoms. The van der Waals surface area contributed by atoms with Gasteiger partial charge >= 0.3 is 0 Å². The maximum absolute atomic E-state index is 12.0. The maximum Gasteiger partial charge on any atom is 0.266 e. The van der Waals surface area contributed by atoms with Gasteiger partial charge in [-0.3, -0.25) is 14.2 Å². The summed E-state index contributed by atoms with van der Waals surface area (Å²) < 4.78 is 1.16. The van der Waals surface area contributed by atoms with Gasteiger partial charge in [-0.25, -0.2) is 4.98 Å². The van der Waals surface area contributed by atoms with Gasteiger partial charge in [0.1, 0.15) is 5.56 Å². The highest BCUT2D eigenvalue weighted by Crippen LogP contribution is 2.05. The van der Waals surface area contributed by atoms with Crippen LogP contribution in [0.2, 0.25) is 0 Å². The second-order valence-corrected chi connectivity index (χ2v) is 4.14. The van der Waals surface area contributed by atoms with E-state index >= 15 is 0 Å². The minimum absolute atomic E-state index is 0.0220. The third-order valence-corrected chi connectivity index (χ3v) is 2.73. The summed E-state index contributed by atoms with van der Waals surface area (Å²) in [6.07, 6.45) is 4.45. The van der Waals surface area contributed by atoms with Gasteiger partial charge in [-0.2, -0.15) is 0 Å². The molecule has 0 fully saturated rings. The molecule has 1 aromatic heterocycles. The fraction of sp³-hybridized carbons (Fsp3) is 0.462. The minimum Gasteiger partial charge on any atom is -0.504 e. The number of aliphatic hydroxyl groups is 1. The number of allylic oxidation sites excluding steroid dienone is 1. The molecule has 0 saturated heterocycles. The van der Waals surface area contributed by atoms with Crippen LogP contribution in [0, 0.1) is 0 Å². The molecule has 2 N–H and O–H groups in total. The third kappa shape index (κ3) is 3.43. The van der Waals surface area contributed by atoms with E-state index in [0.29, 0.717) is 6.54 Å². The molecule has 104 valence electrons. The number of hydrogen-bond acceptors (Lipinski definition) is 4. The number of carbonyl (C=O) groups is 1. The number of nitrogens with one attached hydrogen (secondary N) is 1. The number of hydrogen-bond donors (Lipinski definition) is 2. The van der Waals surface area contributed by atoms with Crippen LogP contribution in [0.5, 0.6) is 0 Å². The topological polar surface area (TPSA) is 84.2 Å². The molecule has 1 rings (SSSR count). The molecule has 0 saturated carbocycles. The molecule has 0 bridgehead atoms. The summed E-state index contributed by atoms with van der Waals surface area (Å²) in [5, 5.41) is 12.2. The average molecular weight is 265 g/mol. The predicted molar refractivity (Wildman–Crippen MR) is 73.0 cm³/mol. The van der Waals surface area contributed by atoms with Crippen molar-refractivity contribution < 1.29 is 9.90 Å². The fourth-order valence-corrected chi connectivity index (χ4v) is 1.54. The monoisotopic (exact) mass is 265 g/mol. The highest BCUT2D eigenvalue weighted by atomic mass is 16.3. The van der Waals surface area contributed by atoms with Gasteiger partial charge < -0.3 is 10.4 Å². The summed E-state index contributed by atoms with van der Waals surface area (Å²) in [4.78, 5) is 27.8. The Morgan fingerprint density at radius 3 is 2.84 bits per heavy atom. The van der Waals surface area contributed by atoms with Crippen LogP contribution in [-0.2, 0) is 7.05 Å². The number of aliphatic hydroxyl groups excluding tert-OH is 1. The SMILES string of the molecule is C/C=C(/O)c1ncc(C(=O)NCCCC)c(=O)n1C. The van der Waals surface area contributed by atoms with E-state index in [-0.39, 0.29) is 17.1 Å². The van der Waals surface area contributed by atoms with E-state index in [1.54, 1.807) is 6.92 Å². The van der Waals surface area contributed by atoms with E-state index in [4.69, 9.17) is 0 Å². The van der Waals surface area contributed by atoms with Crippen LogP contribution in [0.4, 0.5) is 0 Å². The molecule has 1 heterocycles. The Hall–Kier alpha value is -2.11. The lowest BCUT2D eigenvalue weighted by molar-refractivity contribution is 0.0950. The maximum atomic E-state index is 12.0. The Morgan fingerprint density at radius 2 is 2.26 bits per heavy atom. The zero-order valence-corrected chi connectivity index (χ0v) is 11.4. The van der Waals surface area contributed by atoms with Crippen molar-refractivity contribution >= 4 is 11.7 Å². The van der Waals surface area contributed by atoms with Crippen molar-refractivity contribution in [3.8, 4) is 0 Å². The van der Waals surface area contributed by atoms with Crippen LogP contribution in [0.1, 0.15) is 42.9 Å². The van der Waals surface area contributed by atoms with Crippen molar-refractivity contribution in [2.75, 3.05) is 6.54 Å². The highest BCUT2D eigenvalue weighted by Gasteiger charge is 2.15. The second-order valence-electron chi connectivity index (χ2n) is 4.14. The lowest BCUT2D eigenvalue weighted by atomic mass is 10.2. The third-order valence-electron chi connectivity index (χ3n) is 2.73. The molecule has 0 atom stereocenters. The Labute approximate surface area is 111 Å². The van der Waals surface area contributed by atoms with Crippen LogP contribution >= 0.6 is 0 Å². The van der Waals surface area contributed by atoms with Crippen LogP contribution in [0.25, 0.3) is 5.76 Å². The number of nitrogens with zero attached hydrogens (tertiary/aromatic N) is 2. The van der Waals surface area contributed by atoms with E-state index in [1.807, 2.05) is 6.92 Å². The van der Waals surface area contributed by atoms with Crippen molar-refractivity contribution in [3.63, 3.8) is 0 Å². The van der Waals surface area contributed by atoms with Crippen molar-refractivity contribution in [3.05, 3.63) is 34.0 Å². The smallest absolute Gasteiger partial charge is 0.266 e. The molecule has 6 nitrogen and oxygen atoms in total. The number of aromatic nitrogens is 2. The summed E-state index contributed by atoms with van der Waals surface area (Å²) in [6, 6.07) is 0. The van der Waals surface area contributed by atoms with E-state index in [9.17, 15) is 14.7 Å². The predicted octanol–water partition coefficient (Wildman–Crippen LogP) is 1.23. The molecule has 0 radical (unpaired) electrons. The molecule has 19 heavy (non-hydrogen) atoms. The summed E-state index contributed by atoms with van der Waals surface area (Å²) in [5.41, 5.74) is -0.501.